The number of hydrogen-bond acceptors (Lipinski definition) is 3. The average Bonchev–Trinajstić information content (AvgIpc) is 2.77. The topological polar surface area (TPSA) is 95.1 Å². The molecule has 0 radical (unpaired) electrons. The van der Waals surface area contributed by atoms with E-state index >= 15 is 0 Å². The number of aliphatic carboxylic acids is 1. The van der Waals surface area contributed by atoms with Gasteiger partial charge in [0.1, 0.15) is 0 Å². The van der Waals surface area contributed by atoms with Crippen LogP contribution in [-0.4, -0.2) is 27.2 Å². The van der Waals surface area contributed by atoms with Crippen molar-refractivity contribution in [2.45, 2.75) is 38.6 Å². The van der Waals surface area contributed by atoms with Crippen LogP contribution in [0.15, 0.2) is 12.4 Å². The first-order chi connectivity index (χ1) is 8.09. The molecule has 0 fully saturated rings. The lowest BCUT2D eigenvalue weighted by Gasteiger charge is -2.11. The van der Waals surface area contributed by atoms with Gasteiger partial charge in [0.25, 0.3) is 0 Å². The third-order valence-corrected chi connectivity index (χ3v) is 2.44. The van der Waals surface area contributed by atoms with Crippen molar-refractivity contribution < 1.29 is 14.7 Å². The number of rotatable bonds is 7. The van der Waals surface area contributed by atoms with Crippen LogP contribution in [-0.2, 0) is 9.59 Å². The maximum absolute atomic E-state index is 11.5. The van der Waals surface area contributed by atoms with E-state index in [2.05, 4.69) is 15.5 Å². The van der Waals surface area contributed by atoms with E-state index in [1.165, 1.54) is 0 Å². The Labute approximate surface area is 99.4 Å². The molecule has 0 bridgehead atoms. The number of carboxylic acids is 1. The molecular formula is C11H17N3O3. The summed E-state index contributed by atoms with van der Waals surface area (Å²) in [5.74, 6) is -0.888. The van der Waals surface area contributed by atoms with Crippen molar-refractivity contribution >= 4 is 11.9 Å². The summed E-state index contributed by atoms with van der Waals surface area (Å²) in [5, 5.41) is 17.7. The smallest absolute Gasteiger partial charge is 0.303 e. The molecule has 0 aromatic carbocycles. The van der Waals surface area contributed by atoms with E-state index in [9.17, 15) is 9.59 Å². The molecule has 1 aromatic heterocycles. The highest BCUT2D eigenvalue weighted by Crippen LogP contribution is 2.09. The minimum atomic E-state index is -0.822. The molecule has 0 aliphatic heterocycles. The van der Waals surface area contributed by atoms with Crippen LogP contribution >= 0.6 is 0 Å². The average molecular weight is 239 g/mol. The highest BCUT2D eigenvalue weighted by molar-refractivity contribution is 5.76. The second kappa shape index (κ2) is 6.67. The molecule has 6 nitrogen and oxygen atoms in total. The number of carbonyl (C=O) groups is 2. The zero-order valence-corrected chi connectivity index (χ0v) is 9.77. The molecule has 0 saturated heterocycles. The number of H-pyrrole nitrogens is 1. The van der Waals surface area contributed by atoms with Crippen LogP contribution in [0, 0.1) is 0 Å². The Bertz CT molecular complexity index is 362. The summed E-state index contributed by atoms with van der Waals surface area (Å²) in [5.41, 5.74) is 0.920. The van der Waals surface area contributed by atoms with Gasteiger partial charge in [-0.05, 0) is 19.8 Å². The van der Waals surface area contributed by atoms with Crippen molar-refractivity contribution in [2.24, 2.45) is 0 Å². The summed E-state index contributed by atoms with van der Waals surface area (Å²) in [7, 11) is 0. The van der Waals surface area contributed by atoms with Crippen LogP contribution in [0.3, 0.4) is 0 Å². The molecular weight excluding hydrogens is 222 g/mol. The van der Waals surface area contributed by atoms with Crippen LogP contribution < -0.4 is 5.32 Å². The largest absolute Gasteiger partial charge is 0.481 e. The van der Waals surface area contributed by atoms with Crippen molar-refractivity contribution in [1.82, 2.24) is 15.5 Å². The fraction of sp³-hybridized carbons (Fsp3) is 0.545. The summed E-state index contributed by atoms with van der Waals surface area (Å²) >= 11 is 0. The van der Waals surface area contributed by atoms with Crippen molar-refractivity contribution in [2.75, 3.05) is 0 Å². The molecule has 1 atom stereocenters. The van der Waals surface area contributed by atoms with Gasteiger partial charge in [-0.15, -0.1) is 0 Å². The van der Waals surface area contributed by atoms with Crippen LogP contribution in [0.1, 0.15) is 44.2 Å². The summed E-state index contributed by atoms with van der Waals surface area (Å²) in [6, 6.07) is -0.0827. The van der Waals surface area contributed by atoms with Crippen LogP contribution in [0.5, 0.6) is 0 Å². The third kappa shape index (κ3) is 5.14. The molecule has 1 rings (SSSR count). The Morgan fingerprint density at radius 2 is 2.18 bits per heavy atom. The second-order valence-corrected chi connectivity index (χ2v) is 3.92. The lowest BCUT2D eigenvalue weighted by Crippen LogP contribution is -2.26. The first kappa shape index (κ1) is 13.2. The van der Waals surface area contributed by atoms with Gasteiger partial charge in [-0.2, -0.15) is 5.10 Å². The number of carbonyl (C=O) groups excluding carboxylic acids is 1. The van der Waals surface area contributed by atoms with Gasteiger partial charge in [0.15, 0.2) is 0 Å². The lowest BCUT2D eigenvalue weighted by molar-refractivity contribution is -0.137. The Hall–Kier alpha value is -1.85. The molecule has 0 spiro atoms. The van der Waals surface area contributed by atoms with Gasteiger partial charge < -0.3 is 10.4 Å². The van der Waals surface area contributed by atoms with Crippen molar-refractivity contribution in [3.63, 3.8) is 0 Å². The predicted molar refractivity (Wildman–Crippen MR) is 61.2 cm³/mol. The number of nitrogens with one attached hydrogen (secondary N) is 2. The number of aromatic amines is 1. The predicted octanol–water partition coefficient (Wildman–Crippen LogP) is 1.23. The highest BCUT2D eigenvalue weighted by Gasteiger charge is 2.10. The Morgan fingerprint density at radius 1 is 1.47 bits per heavy atom. The fourth-order valence-electron chi connectivity index (χ4n) is 1.46. The van der Waals surface area contributed by atoms with E-state index < -0.39 is 5.97 Å². The first-order valence-corrected chi connectivity index (χ1v) is 5.59. The van der Waals surface area contributed by atoms with Gasteiger partial charge in [-0.1, -0.05) is 0 Å². The van der Waals surface area contributed by atoms with Crippen molar-refractivity contribution in [1.29, 1.82) is 0 Å². The number of hydrogen-bond donors (Lipinski definition) is 3. The Morgan fingerprint density at radius 3 is 2.76 bits per heavy atom. The highest BCUT2D eigenvalue weighted by atomic mass is 16.4. The van der Waals surface area contributed by atoms with Gasteiger partial charge in [-0.3, -0.25) is 14.7 Å². The van der Waals surface area contributed by atoms with E-state index in [0.717, 1.165) is 5.56 Å². The van der Waals surface area contributed by atoms with E-state index in [4.69, 9.17) is 5.11 Å². The van der Waals surface area contributed by atoms with Crippen LogP contribution in [0.2, 0.25) is 0 Å². The number of unbranched alkanes of at least 4 members (excludes halogenated alkanes) is 1. The van der Waals surface area contributed by atoms with Gasteiger partial charge in [0.2, 0.25) is 5.91 Å². The minimum Gasteiger partial charge on any atom is -0.481 e. The quantitative estimate of drug-likeness (QED) is 0.624. The molecule has 1 amide bonds. The molecule has 94 valence electrons. The summed E-state index contributed by atoms with van der Waals surface area (Å²) in [4.78, 5) is 21.8. The molecule has 1 heterocycles. The van der Waals surface area contributed by atoms with E-state index in [0.29, 0.717) is 19.3 Å². The van der Waals surface area contributed by atoms with E-state index in [1.807, 2.05) is 6.92 Å². The normalized spacial score (nSPS) is 12.1. The van der Waals surface area contributed by atoms with Gasteiger partial charge in [0.05, 0.1) is 12.2 Å². The molecule has 0 saturated carbocycles. The molecule has 1 unspecified atom stereocenters. The van der Waals surface area contributed by atoms with Gasteiger partial charge in [-0.25, -0.2) is 0 Å². The third-order valence-electron chi connectivity index (χ3n) is 2.44. The molecule has 17 heavy (non-hydrogen) atoms. The standard InChI is InChI=1S/C11H17N3O3/c1-8(9-6-12-13-7-9)14-10(15)4-2-3-5-11(16)17/h6-8H,2-5H2,1H3,(H,12,13)(H,14,15)(H,16,17). The number of amides is 1. The summed E-state index contributed by atoms with van der Waals surface area (Å²) in [6.07, 6.45) is 4.99. The van der Waals surface area contributed by atoms with Gasteiger partial charge in [0, 0.05) is 24.6 Å². The van der Waals surface area contributed by atoms with Gasteiger partial charge >= 0.3 is 5.97 Å². The van der Waals surface area contributed by atoms with Crippen molar-refractivity contribution in [3.8, 4) is 0 Å². The SMILES string of the molecule is CC(NC(=O)CCCCC(=O)O)c1cn[nH]c1. The van der Waals surface area contributed by atoms with Crippen LogP contribution in [0.4, 0.5) is 0 Å². The number of carboxylic acid groups (broad SMARTS) is 1. The molecule has 0 aliphatic rings. The van der Waals surface area contributed by atoms with Crippen molar-refractivity contribution in [3.05, 3.63) is 18.0 Å². The first-order valence-electron chi connectivity index (χ1n) is 5.59. The fourth-order valence-corrected chi connectivity index (χ4v) is 1.46. The number of aromatic nitrogens is 2. The Kier molecular flexibility index (Phi) is 5.19. The second-order valence-electron chi connectivity index (χ2n) is 3.92. The molecule has 0 aliphatic carbocycles. The number of nitrogens with zero attached hydrogens (tertiary/aromatic N) is 1. The Balaban J connectivity index is 2.19. The summed E-state index contributed by atoms with van der Waals surface area (Å²) in [6.45, 7) is 1.88. The molecule has 1 aromatic rings. The van der Waals surface area contributed by atoms with Crippen LogP contribution in [0.25, 0.3) is 0 Å². The summed E-state index contributed by atoms with van der Waals surface area (Å²) < 4.78 is 0. The zero-order chi connectivity index (χ0) is 12.7. The molecule has 6 heteroatoms. The maximum atomic E-state index is 11.5. The monoisotopic (exact) mass is 239 g/mol. The maximum Gasteiger partial charge on any atom is 0.303 e. The van der Waals surface area contributed by atoms with E-state index in [-0.39, 0.29) is 18.4 Å². The zero-order valence-electron chi connectivity index (χ0n) is 9.77. The minimum absolute atomic E-state index is 0.0657. The lowest BCUT2D eigenvalue weighted by atomic mass is 10.1. The molecule has 3 N–H and O–H groups in total. The van der Waals surface area contributed by atoms with E-state index in [1.54, 1.807) is 12.4 Å².